The van der Waals surface area contributed by atoms with Crippen molar-refractivity contribution in [3.63, 3.8) is 0 Å². The highest BCUT2D eigenvalue weighted by molar-refractivity contribution is 9.09. The second kappa shape index (κ2) is 10.8. The van der Waals surface area contributed by atoms with Crippen LogP contribution in [0.4, 0.5) is 0 Å². The molecule has 4 saturated heterocycles. The molecule has 0 bridgehead atoms. The fourth-order valence-electron chi connectivity index (χ4n) is 7.09. The molecule has 0 radical (unpaired) electrons. The molecule has 4 fully saturated rings. The zero-order valence-corrected chi connectivity index (χ0v) is 28.0. The molecule has 4 rings (SSSR count). The van der Waals surface area contributed by atoms with E-state index in [2.05, 4.69) is 73.4 Å². The van der Waals surface area contributed by atoms with Gasteiger partial charge in [0, 0.05) is 9.65 Å². The molecule has 4 heterocycles. The topological polar surface area (TPSA) is 77.4 Å². The Kier molecular flexibility index (Phi) is 8.97. The highest BCUT2D eigenvalue weighted by Crippen LogP contribution is 2.49. The van der Waals surface area contributed by atoms with Crippen LogP contribution in [0.3, 0.4) is 0 Å². The monoisotopic (exact) mass is 666 g/mol. The first kappa shape index (κ1) is 31.7. The minimum atomic E-state index is -1.04. The van der Waals surface area contributed by atoms with Gasteiger partial charge in [0.1, 0.15) is 0 Å². The molecule has 0 amide bonds. The largest absolute Gasteiger partial charge is 0.387 e. The number of ether oxygens (including phenoxy) is 4. The van der Waals surface area contributed by atoms with Gasteiger partial charge in [-0.1, -0.05) is 31.9 Å². The van der Waals surface area contributed by atoms with E-state index >= 15 is 0 Å². The number of hydrogen-bond acceptors (Lipinski definition) is 6. The summed E-state index contributed by atoms with van der Waals surface area (Å²) in [6.07, 6.45) is 7.08. The lowest BCUT2D eigenvalue weighted by molar-refractivity contribution is -0.261. The van der Waals surface area contributed by atoms with Crippen LogP contribution in [-0.4, -0.2) is 77.9 Å². The first-order chi connectivity index (χ1) is 17.3. The van der Waals surface area contributed by atoms with Gasteiger partial charge in [-0.3, -0.25) is 0 Å². The molecule has 8 heteroatoms. The average molecular weight is 669 g/mol. The van der Waals surface area contributed by atoms with Crippen LogP contribution in [0.5, 0.6) is 0 Å². The third kappa shape index (κ3) is 6.38. The van der Waals surface area contributed by atoms with Crippen molar-refractivity contribution in [3.8, 4) is 0 Å². The average Bonchev–Trinajstić information content (AvgIpc) is 3.01. The minimum Gasteiger partial charge on any atom is -0.387 e. The Balaban J connectivity index is 1.44. The summed E-state index contributed by atoms with van der Waals surface area (Å²) in [6, 6.07) is 0. The lowest BCUT2D eigenvalue weighted by Gasteiger charge is -2.49. The van der Waals surface area contributed by atoms with E-state index in [-0.39, 0.29) is 40.4 Å². The third-order valence-corrected chi connectivity index (χ3v) is 13.4. The second-order valence-electron chi connectivity index (χ2n) is 14.6. The smallest absolute Gasteiger partial charge is 0.0921 e. The number of halogens is 2. The van der Waals surface area contributed by atoms with Gasteiger partial charge in [-0.2, -0.15) is 0 Å². The van der Waals surface area contributed by atoms with Crippen LogP contribution in [-0.2, 0) is 18.9 Å². The van der Waals surface area contributed by atoms with Crippen LogP contribution in [0.2, 0.25) is 0 Å². The number of rotatable bonds is 4. The zero-order chi connectivity index (χ0) is 28.4. The molecule has 4 aliphatic heterocycles. The Morgan fingerprint density at radius 2 is 1.24 bits per heavy atom. The van der Waals surface area contributed by atoms with Gasteiger partial charge in [-0.05, 0) is 120 Å². The molecule has 0 aromatic carbocycles. The molecule has 6 nitrogen and oxygen atoms in total. The number of hydrogen-bond donors (Lipinski definition) is 2. The molecule has 4 aliphatic rings. The van der Waals surface area contributed by atoms with Crippen molar-refractivity contribution in [2.45, 2.75) is 187 Å². The lowest BCUT2D eigenvalue weighted by Crippen LogP contribution is -2.57. The van der Waals surface area contributed by atoms with E-state index in [0.29, 0.717) is 24.1 Å². The molecule has 1 unspecified atom stereocenters. The minimum absolute atomic E-state index is 0.00117. The summed E-state index contributed by atoms with van der Waals surface area (Å²) in [5.74, 6) is 0. The van der Waals surface area contributed by atoms with Crippen LogP contribution in [0.1, 0.15) is 120 Å². The maximum atomic E-state index is 11.7. The van der Waals surface area contributed by atoms with Crippen molar-refractivity contribution in [3.05, 3.63) is 0 Å². The summed E-state index contributed by atoms with van der Waals surface area (Å²) < 4.78 is 26.8. The van der Waals surface area contributed by atoms with Gasteiger partial charge >= 0.3 is 0 Å². The van der Waals surface area contributed by atoms with Crippen LogP contribution in [0.15, 0.2) is 0 Å². The Hall–Kier alpha value is 0.720. The van der Waals surface area contributed by atoms with E-state index in [1.807, 2.05) is 13.8 Å². The molecule has 0 spiro atoms. The summed E-state index contributed by atoms with van der Waals surface area (Å²) in [5, 5.41) is 22.9. The summed E-state index contributed by atoms with van der Waals surface area (Å²) in [5.41, 5.74) is -3.49. The predicted molar refractivity (Wildman–Crippen MR) is 157 cm³/mol. The van der Waals surface area contributed by atoms with Crippen molar-refractivity contribution < 1.29 is 29.2 Å². The maximum absolute atomic E-state index is 11.7. The van der Waals surface area contributed by atoms with Crippen molar-refractivity contribution in [1.82, 2.24) is 0 Å². The summed E-state index contributed by atoms with van der Waals surface area (Å²) in [4.78, 5) is 0.464. The van der Waals surface area contributed by atoms with Gasteiger partial charge < -0.3 is 29.2 Å². The fraction of sp³-hybridized carbons (Fsp3) is 1.00. The molecule has 222 valence electrons. The third-order valence-electron chi connectivity index (χ3n) is 10.3. The molecular formula is C30H52Br2O6. The van der Waals surface area contributed by atoms with E-state index in [1.165, 1.54) is 0 Å². The molecule has 0 aromatic rings. The maximum Gasteiger partial charge on any atom is 0.0921 e. The Morgan fingerprint density at radius 3 is 1.89 bits per heavy atom. The van der Waals surface area contributed by atoms with Crippen LogP contribution in [0.25, 0.3) is 0 Å². The molecule has 10 atom stereocenters. The number of alkyl halides is 2. The Morgan fingerprint density at radius 1 is 0.711 bits per heavy atom. The van der Waals surface area contributed by atoms with Gasteiger partial charge in [-0.15, -0.1) is 0 Å². The van der Waals surface area contributed by atoms with Crippen LogP contribution < -0.4 is 0 Å². The molecule has 0 aromatic heterocycles. The van der Waals surface area contributed by atoms with Crippen LogP contribution in [0, 0.1) is 0 Å². The molecule has 0 saturated carbocycles. The molecular weight excluding hydrogens is 616 g/mol. The number of aliphatic hydroxyl groups is 2. The predicted octanol–water partition coefficient (Wildman–Crippen LogP) is 6.59. The Labute approximate surface area is 247 Å². The van der Waals surface area contributed by atoms with Crippen LogP contribution >= 0.6 is 31.9 Å². The van der Waals surface area contributed by atoms with Gasteiger partial charge in [0.15, 0.2) is 0 Å². The van der Waals surface area contributed by atoms with E-state index in [1.54, 1.807) is 0 Å². The number of fused-ring (bicyclic) bond motifs is 2. The highest BCUT2D eigenvalue weighted by atomic mass is 79.9. The summed E-state index contributed by atoms with van der Waals surface area (Å²) in [6.45, 7) is 16.6. The first-order valence-electron chi connectivity index (χ1n) is 14.7. The van der Waals surface area contributed by atoms with Crippen molar-refractivity contribution in [1.29, 1.82) is 0 Å². The van der Waals surface area contributed by atoms with E-state index in [9.17, 15) is 10.2 Å². The van der Waals surface area contributed by atoms with Crippen molar-refractivity contribution in [2.75, 3.05) is 0 Å². The molecule has 0 aliphatic carbocycles. The summed E-state index contributed by atoms with van der Waals surface area (Å²) >= 11 is 7.60. The van der Waals surface area contributed by atoms with E-state index in [0.717, 1.165) is 44.9 Å². The standard InChI is InChI=1S/C30H52Br2O6/c1-25(2)19(31)11-15-27(5,33)22(35-25)13-16-28(6,34)21-9-10-23-30(8,37-21)18-14-24-29(7,38-23)17-12-20(32)26(3,4)36-24/h19-24,33-34H,9-18H2,1-8H3/t19-,20+,21-,22+,23+,24+,27-,28?,29-,30-/m1/s1. The van der Waals surface area contributed by atoms with Gasteiger partial charge in [0.2, 0.25) is 0 Å². The first-order valence-corrected chi connectivity index (χ1v) is 16.6. The lowest BCUT2D eigenvalue weighted by atomic mass is 9.79. The van der Waals surface area contributed by atoms with E-state index < -0.39 is 22.4 Å². The second-order valence-corrected chi connectivity index (χ2v) is 16.9. The summed E-state index contributed by atoms with van der Waals surface area (Å²) in [7, 11) is 0. The molecule has 2 N–H and O–H groups in total. The normalized spacial score (nSPS) is 48.9. The van der Waals surface area contributed by atoms with Gasteiger partial charge in [0.25, 0.3) is 0 Å². The highest BCUT2D eigenvalue weighted by Gasteiger charge is 2.55. The van der Waals surface area contributed by atoms with Gasteiger partial charge in [-0.25, -0.2) is 0 Å². The quantitative estimate of drug-likeness (QED) is 0.330. The van der Waals surface area contributed by atoms with Crippen molar-refractivity contribution in [2.24, 2.45) is 0 Å². The van der Waals surface area contributed by atoms with E-state index in [4.69, 9.17) is 18.9 Å². The van der Waals surface area contributed by atoms with Gasteiger partial charge in [0.05, 0.1) is 58.0 Å². The molecule has 38 heavy (non-hydrogen) atoms. The zero-order valence-electron chi connectivity index (χ0n) is 24.8. The SMILES string of the molecule is CC(O)(CC[C@@H]1OC(C)(C)[C@H](Br)CC[C@@]1(C)O)[C@H]1CC[C@@H]2O[C@]3(C)CC[C@H](Br)C(C)(C)O[C@H]3CC[C@@]2(C)O1. The Bertz CT molecular complexity index is 847. The fourth-order valence-corrected chi connectivity index (χ4v) is 7.76. The van der Waals surface area contributed by atoms with Crippen molar-refractivity contribution >= 4 is 31.9 Å².